The van der Waals surface area contributed by atoms with E-state index in [9.17, 15) is 15.0 Å². The van der Waals surface area contributed by atoms with Crippen molar-refractivity contribution >= 4 is 5.97 Å². The summed E-state index contributed by atoms with van der Waals surface area (Å²) in [4.78, 5) is 12.9. The molecule has 7 heteroatoms. The lowest BCUT2D eigenvalue weighted by molar-refractivity contribution is -0.260. The minimum Gasteiger partial charge on any atom is -0.461 e. The Morgan fingerprint density at radius 1 is 1.00 bits per heavy atom. The molecule has 0 unspecified atom stereocenters. The van der Waals surface area contributed by atoms with Crippen LogP contribution in [0.2, 0.25) is 0 Å². The van der Waals surface area contributed by atoms with E-state index in [1.807, 2.05) is 0 Å². The molecule has 4 fully saturated rings. The van der Waals surface area contributed by atoms with Crippen molar-refractivity contribution in [2.45, 2.75) is 143 Å². The highest BCUT2D eigenvalue weighted by molar-refractivity contribution is 5.89. The highest BCUT2D eigenvalue weighted by Crippen LogP contribution is 2.75. The van der Waals surface area contributed by atoms with Crippen LogP contribution in [-0.2, 0) is 21.3 Å². The van der Waals surface area contributed by atoms with Crippen molar-refractivity contribution in [1.29, 1.82) is 0 Å². The first kappa shape index (κ1) is 29.6. The van der Waals surface area contributed by atoms with Crippen molar-refractivity contribution in [3.05, 3.63) is 17.0 Å². The maximum atomic E-state index is 12.9. The Morgan fingerprint density at radius 3 is 2.37 bits per heavy atom. The Labute approximate surface area is 246 Å². The van der Waals surface area contributed by atoms with Crippen molar-refractivity contribution < 1.29 is 29.0 Å². The van der Waals surface area contributed by atoms with Crippen LogP contribution in [0.3, 0.4) is 0 Å². The number of carbonyl (C=O) groups excluding carboxylic acids is 1. The normalized spacial score (nSPS) is 48.0. The molecule has 1 aromatic heterocycles. The van der Waals surface area contributed by atoms with E-state index in [2.05, 4.69) is 60.5 Å². The van der Waals surface area contributed by atoms with Crippen molar-refractivity contribution in [3.63, 3.8) is 0 Å². The maximum Gasteiger partial charge on any atom is 0.360 e. The van der Waals surface area contributed by atoms with Gasteiger partial charge in [0.05, 0.1) is 30.0 Å². The summed E-state index contributed by atoms with van der Waals surface area (Å²) in [5.41, 5.74) is -0.555. The standard InChI is InChI=1S/C34H53NO6/c1-10-39-28(38)25-19-17-31(6)23-16-21(36)24-20(34(9)14-11-13-29(2,3)41-34)12-15-32(24,7)33(23,8)18-22(37)26(31)30(4,5)27(19)40-35-25/h20-24,26,36-37H,10-18H2,1-9H3/t20-,21+,22+,23+,24-,26-,31+,32+,33+,34+/m0/s1. The predicted octanol–water partition coefficient (Wildman–Crippen LogP) is 6.23. The van der Waals surface area contributed by atoms with Gasteiger partial charge >= 0.3 is 5.97 Å². The smallest absolute Gasteiger partial charge is 0.360 e. The molecule has 41 heavy (non-hydrogen) atoms. The van der Waals surface area contributed by atoms with E-state index in [4.69, 9.17) is 14.0 Å². The molecule has 3 saturated carbocycles. The van der Waals surface area contributed by atoms with Gasteiger partial charge in [-0.05, 0) is 113 Å². The summed E-state index contributed by atoms with van der Waals surface area (Å²) in [6, 6.07) is 0. The summed E-state index contributed by atoms with van der Waals surface area (Å²) >= 11 is 0. The molecule has 5 aliphatic rings. The van der Waals surface area contributed by atoms with Gasteiger partial charge in [0, 0.05) is 16.9 Å². The summed E-state index contributed by atoms with van der Waals surface area (Å²) in [5, 5.41) is 28.5. The fourth-order valence-corrected chi connectivity index (χ4v) is 12.2. The zero-order chi connectivity index (χ0) is 30.0. The molecule has 7 nitrogen and oxygen atoms in total. The van der Waals surface area contributed by atoms with Gasteiger partial charge in [-0.25, -0.2) is 4.79 Å². The number of aliphatic hydroxyl groups excluding tert-OH is 2. The first-order valence-electron chi connectivity index (χ1n) is 16.2. The van der Waals surface area contributed by atoms with E-state index in [-0.39, 0.29) is 63.4 Å². The Balaban J connectivity index is 1.42. The van der Waals surface area contributed by atoms with Crippen LogP contribution in [0.4, 0.5) is 0 Å². The van der Waals surface area contributed by atoms with Gasteiger partial charge in [0.2, 0.25) is 0 Å². The highest BCUT2D eigenvalue weighted by atomic mass is 16.5. The molecule has 230 valence electrons. The van der Waals surface area contributed by atoms with Gasteiger partial charge in [-0.1, -0.05) is 39.8 Å². The van der Waals surface area contributed by atoms with Crippen molar-refractivity contribution in [3.8, 4) is 0 Å². The predicted molar refractivity (Wildman–Crippen MR) is 155 cm³/mol. The number of nitrogens with zero attached hydrogens (tertiary/aromatic N) is 1. The third-order valence-electron chi connectivity index (χ3n) is 13.6. The number of esters is 1. The average Bonchev–Trinajstić information content (AvgIpc) is 3.43. The van der Waals surface area contributed by atoms with Crippen LogP contribution in [0.15, 0.2) is 4.52 Å². The van der Waals surface area contributed by atoms with Crippen LogP contribution in [0.5, 0.6) is 0 Å². The molecular weight excluding hydrogens is 518 g/mol. The van der Waals surface area contributed by atoms with Crippen molar-refractivity contribution in [1.82, 2.24) is 5.16 Å². The Morgan fingerprint density at radius 2 is 1.71 bits per heavy atom. The molecule has 1 aromatic rings. The number of ether oxygens (including phenoxy) is 2. The molecule has 1 aliphatic heterocycles. The molecule has 4 aliphatic carbocycles. The second kappa shape index (κ2) is 9.04. The van der Waals surface area contributed by atoms with Crippen LogP contribution in [0.1, 0.15) is 129 Å². The molecule has 0 amide bonds. The monoisotopic (exact) mass is 571 g/mol. The maximum absolute atomic E-state index is 12.9. The Bertz CT molecular complexity index is 1220. The molecule has 6 rings (SSSR count). The molecule has 0 bridgehead atoms. The van der Waals surface area contributed by atoms with Crippen molar-refractivity contribution in [2.24, 2.45) is 39.9 Å². The van der Waals surface area contributed by atoms with Gasteiger partial charge < -0.3 is 24.2 Å². The molecule has 1 saturated heterocycles. The SMILES string of the molecule is CCOC(=O)c1noc2c1C[C@]1(C)[C@H]3C[C@@H](O)[C@@H]4[C@@H]([C@@]5(C)CCCC(C)(C)O5)CC[C@@]4(C)[C@]3(C)C[C@@H](O)[C@H]1C2(C)C. The van der Waals surface area contributed by atoms with E-state index < -0.39 is 23.6 Å². The molecule has 0 radical (unpaired) electrons. The van der Waals surface area contributed by atoms with Gasteiger partial charge in [-0.2, -0.15) is 0 Å². The summed E-state index contributed by atoms with van der Waals surface area (Å²) in [5.74, 6) is 0.711. The zero-order valence-corrected chi connectivity index (χ0v) is 26.8. The highest BCUT2D eigenvalue weighted by Gasteiger charge is 2.73. The number of aliphatic hydroxyl groups is 2. The average molecular weight is 572 g/mol. The molecule has 10 atom stereocenters. The fourth-order valence-electron chi connectivity index (χ4n) is 12.2. The van der Waals surface area contributed by atoms with E-state index >= 15 is 0 Å². The first-order chi connectivity index (χ1) is 19.0. The van der Waals surface area contributed by atoms with Crippen LogP contribution in [-0.4, -0.2) is 51.4 Å². The van der Waals surface area contributed by atoms with Gasteiger partial charge in [0.25, 0.3) is 0 Å². The van der Waals surface area contributed by atoms with Crippen LogP contribution >= 0.6 is 0 Å². The lowest BCUT2D eigenvalue weighted by atomic mass is 9.34. The number of hydrogen-bond acceptors (Lipinski definition) is 7. The molecule has 0 aromatic carbocycles. The van der Waals surface area contributed by atoms with Gasteiger partial charge in [0.1, 0.15) is 5.76 Å². The van der Waals surface area contributed by atoms with Gasteiger partial charge in [-0.3, -0.25) is 0 Å². The van der Waals surface area contributed by atoms with Gasteiger partial charge in [0.15, 0.2) is 5.69 Å². The summed E-state index contributed by atoms with van der Waals surface area (Å²) in [6.07, 6.45) is 6.31. The van der Waals surface area contributed by atoms with E-state index in [1.54, 1.807) is 6.92 Å². The number of rotatable bonds is 3. The topological polar surface area (TPSA) is 102 Å². The molecule has 0 spiro atoms. The van der Waals surface area contributed by atoms with Gasteiger partial charge in [-0.15, -0.1) is 0 Å². The lowest BCUT2D eigenvalue weighted by Crippen LogP contribution is -2.69. The third-order valence-corrected chi connectivity index (χ3v) is 13.6. The Hall–Kier alpha value is -1.44. The fraction of sp³-hybridized carbons (Fsp3) is 0.882. The number of hydrogen-bond donors (Lipinski definition) is 2. The molecular formula is C34H53NO6. The number of aromatic nitrogens is 1. The largest absolute Gasteiger partial charge is 0.461 e. The summed E-state index contributed by atoms with van der Waals surface area (Å²) in [6.45, 7) is 20.1. The second-order valence-electron chi connectivity index (χ2n) is 16.6. The number of carbonyl (C=O) groups is 1. The van der Waals surface area contributed by atoms with E-state index in [0.717, 1.165) is 37.7 Å². The summed E-state index contributed by atoms with van der Waals surface area (Å²) in [7, 11) is 0. The minimum atomic E-state index is -0.534. The molecule has 2 N–H and O–H groups in total. The van der Waals surface area contributed by atoms with Crippen molar-refractivity contribution in [2.75, 3.05) is 6.61 Å². The van der Waals surface area contributed by atoms with E-state index in [0.29, 0.717) is 25.0 Å². The lowest BCUT2D eigenvalue weighted by Gasteiger charge is -2.70. The summed E-state index contributed by atoms with van der Waals surface area (Å²) < 4.78 is 18.1. The second-order valence-corrected chi connectivity index (χ2v) is 16.6. The zero-order valence-electron chi connectivity index (χ0n) is 26.8. The minimum absolute atomic E-state index is 0.0897. The number of fused-ring (bicyclic) bond motifs is 6. The van der Waals surface area contributed by atoms with E-state index in [1.165, 1.54) is 0 Å². The first-order valence-corrected chi connectivity index (χ1v) is 16.2. The third kappa shape index (κ3) is 3.86. The van der Waals surface area contributed by atoms with Crippen LogP contribution in [0.25, 0.3) is 0 Å². The Kier molecular flexibility index (Phi) is 6.53. The molecule has 2 heterocycles. The van der Waals surface area contributed by atoms with Crippen LogP contribution < -0.4 is 0 Å². The van der Waals surface area contributed by atoms with Crippen LogP contribution in [0, 0.1) is 39.9 Å². The quantitative estimate of drug-likeness (QED) is 0.415.